The van der Waals surface area contributed by atoms with Crippen molar-refractivity contribution in [3.05, 3.63) is 29.8 Å². The molecule has 142 valence electrons. The first-order valence-corrected chi connectivity index (χ1v) is 10.5. The molecule has 1 aliphatic carbocycles. The second-order valence-electron chi connectivity index (χ2n) is 6.79. The van der Waals surface area contributed by atoms with Crippen LogP contribution in [0, 0.1) is 0 Å². The molecule has 0 bridgehead atoms. The van der Waals surface area contributed by atoms with Gasteiger partial charge in [0, 0.05) is 32.2 Å². The van der Waals surface area contributed by atoms with Crippen LogP contribution in [0.4, 0.5) is 4.79 Å². The third-order valence-electron chi connectivity index (χ3n) is 5.00. The Kier molecular flexibility index (Phi) is 5.62. The maximum atomic E-state index is 12.3. The van der Waals surface area contributed by atoms with Gasteiger partial charge in [0.15, 0.2) is 0 Å². The number of benzene rings is 1. The summed E-state index contributed by atoms with van der Waals surface area (Å²) >= 11 is 0. The molecule has 0 unspecified atom stereocenters. The van der Waals surface area contributed by atoms with Crippen LogP contribution in [-0.4, -0.2) is 68.1 Å². The largest absolute Gasteiger partial charge is 0.341 e. The summed E-state index contributed by atoms with van der Waals surface area (Å²) in [6.07, 6.45) is 3.26. The smallest absolute Gasteiger partial charge is 0.339 e. The molecule has 26 heavy (non-hydrogen) atoms. The highest BCUT2D eigenvalue weighted by Crippen LogP contribution is 2.27. The van der Waals surface area contributed by atoms with E-state index < -0.39 is 15.1 Å². The summed E-state index contributed by atoms with van der Waals surface area (Å²) in [6.45, 7) is 4.59. The number of carbonyl (C=O) groups is 2. The van der Waals surface area contributed by atoms with Gasteiger partial charge in [-0.1, -0.05) is 19.1 Å². The lowest BCUT2D eigenvalue weighted by molar-refractivity contribution is -0.131. The number of rotatable bonds is 5. The maximum absolute atomic E-state index is 12.3. The van der Waals surface area contributed by atoms with E-state index in [4.69, 9.17) is 0 Å². The molecule has 0 aromatic heterocycles. The van der Waals surface area contributed by atoms with Gasteiger partial charge in [0.05, 0.1) is 11.4 Å². The average molecular weight is 379 g/mol. The van der Waals surface area contributed by atoms with E-state index in [1.807, 2.05) is 6.92 Å². The number of aryl methyl sites for hydroxylation is 1. The fourth-order valence-corrected chi connectivity index (χ4v) is 4.11. The van der Waals surface area contributed by atoms with Gasteiger partial charge in [-0.05, 0) is 37.0 Å². The lowest BCUT2D eigenvalue weighted by Crippen LogP contribution is -2.51. The molecule has 0 radical (unpaired) electrons. The number of hydrogen-bond donors (Lipinski definition) is 1. The Morgan fingerprint density at radius 2 is 1.69 bits per heavy atom. The van der Waals surface area contributed by atoms with Crippen LogP contribution in [0.1, 0.15) is 25.3 Å². The Labute approximate surface area is 154 Å². The van der Waals surface area contributed by atoms with Gasteiger partial charge in [-0.15, -0.1) is 0 Å². The van der Waals surface area contributed by atoms with Crippen molar-refractivity contribution in [3.63, 3.8) is 0 Å². The van der Waals surface area contributed by atoms with Gasteiger partial charge >= 0.3 is 5.24 Å². The Morgan fingerprint density at radius 1 is 1.08 bits per heavy atom. The first kappa shape index (κ1) is 18.8. The fraction of sp³-hybridized carbons (Fsp3) is 0.556. The molecule has 2 fully saturated rings. The van der Waals surface area contributed by atoms with E-state index in [1.165, 1.54) is 25.0 Å². The molecule has 0 spiro atoms. The van der Waals surface area contributed by atoms with Crippen LogP contribution in [0.5, 0.6) is 0 Å². The number of sulfone groups is 1. The monoisotopic (exact) mass is 379 g/mol. The Balaban J connectivity index is 1.51. The van der Waals surface area contributed by atoms with E-state index in [0.29, 0.717) is 19.1 Å². The van der Waals surface area contributed by atoms with Crippen molar-refractivity contribution >= 4 is 21.0 Å². The number of carbonyl (C=O) groups excluding carboxylic acids is 2. The van der Waals surface area contributed by atoms with Crippen LogP contribution in [-0.2, 0) is 21.1 Å². The lowest BCUT2D eigenvalue weighted by atomic mass is 10.2. The van der Waals surface area contributed by atoms with Crippen molar-refractivity contribution in [2.45, 2.75) is 37.1 Å². The molecule has 8 heteroatoms. The number of nitrogens with zero attached hydrogens (tertiary/aromatic N) is 2. The highest BCUT2D eigenvalue weighted by Gasteiger charge is 2.32. The Morgan fingerprint density at radius 3 is 2.23 bits per heavy atom. The molecule has 1 heterocycles. The van der Waals surface area contributed by atoms with E-state index in [9.17, 15) is 18.0 Å². The third-order valence-corrected chi connectivity index (χ3v) is 6.53. The van der Waals surface area contributed by atoms with Crippen LogP contribution in [0.15, 0.2) is 29.2 Å². The van der Waals surface area contributed by atoms with Gasteiger partial charge in [-0.25, -0.2) is 8.42 Å². The molecule has 3 rings (SSSR count). The zero-order valence-electron chi connectivity index (χ0n) is 15.0. The number of nitrogens with one attached hydrogen (secondary N) is 1. The van der Waals surface area contributed by atoms with Crippen molar-refractivity contribution < 1.29 is 18.0 Å². The minimum Gasteiger partial charge on any atom is -0.339 e. The summed E-state index contributed by atoms with van der Waals surface area (Å²) in [6, 6.07) is 6.89. The summed E-state index contributed by atoms with van der Waals surface area (Å²) in [5, 5.41) is 1.13. The van der Waals surface area contributed by atoms with Gasteiger partial charge in [-0.3, -0.25) is 14.5 Å². The molecular formula is C18H25N3O4S. The summed E-state index contributed by atoms with van der Waals surface area (Å²) < 4.78 is 24.6. The number of amides is 2. The minimum absolute atomic E-state index is 0.0577. The molecule has 0 atom stereocenters. The van der Waals surface area contributed by atoms with Crippen LogP contribution in [0.2, 0.25) is 0 Å². The molecule has 2 amide bonds. The zero-order valence-corrected chi connectivity index (χ0v) is 15.8. The van der Waals surface area contributed by atoms with E-state index in [1.54, 1.807) is 17.0 Å². The average Bonchev–Trinajstić information content (AvgIpc) is 3.51. The topological polar surface area (TPSA) is 86.8 Å². The molecule has 1 saturated heterocycles. The van der Waals surface area contributed by atoms with Crippen molar-refractivity contribution in [1.82, 2.24) is 15.1 Å². The summed E-state index contributed by atoms with van der Waals surface area (Å²) in [5.41, 5.74) is 0.991. The highest BCUT2D eigenvalue weighted by atomic mass is 32.2. The third kappa shape index (κ3) is 4.24. The van der Waals surface area contributed by atoms with Crippen molar-refractivity contribution in [3.8, 4) is 0 Å². The SMILES string of the molecule is CCc1ccc(S(=O)(=O)C(=O)NCC(=O)N2CCN(C3CC3)CC2)cc1. The van der Waals surface area contributed by atoms with Gasteiger partial charge in [0.1, 0.15) is 0 Å². The Bertz CT molecular complexity index is 764. The van der Waals surface area contributed by atoms with Crippen LogP contribution >= 0.6 is 0 Å². The van der Waals surface area contributed by atoms with Crippen LogP contribution < -0.4 is 5.32 Å². The second-order valence-corrected chi connectivity index (χ2v) is 8.64. The van der Waals surface area contributed by atoms with Gasteiger partial charge in [0.25, 0.3) is 9.84 Å². The van der Waals surface area contributed by atoms with E-state index in [-0.39, 0.29) is 17.3 Å². The standard InChI is InChI=1S/C18H25N3O4S/c1-2-14-3-7-16(8-4-14)26(24,25)18(23)19-13-17(22)21-11-9-20(10-12-21)15-5-6-15/h3-4,7-8,15H,2,5-6,9-13H2,1H3,(H,19,23). The van der Waals surface area contributed by atoms with Crippen LogP contribution in [0.3, 0.4) is 0 Å². The van der Waals surface area contributed by atoms with Gasteiger partial charge in [-0.2, -0.15) is 0 Å². The second kappa shape index (κ2) is 7.75. The molecule has 1 N–H and O–H groups in total. The van der Waals surface area contributed by atoms with Crippen LogP contribution in [0.25, 0.3) is 0 Å². The Hall–Kier alpha value is -1.93. The van der Waals surface area contributed by atoms with Crippen molar-refractivity contribution in [1.29, 1.82) is 0 Å². The van der Waals surface area contributed by atoms with Crippen molar-refractivity contribution in [2.24, 2.45) is 0 Å². The number of piperazine rings is 1. The molecule has 7 nitrogen and oxygen atoms in total. The van der Waals surface area contributed by atoms with E-state index in [2.05, 4.69) is 10.2 Å². The lowest BCUT2D eigenvalue weighted by Gasteiger charge is -2.34. The van der Waals surface area contributed by atoms with E-state index in [0.717, 1.165) is 25.1 Å². The first-order chi connectivity index (χ1) is 12.4. The van der Waals surface area contributed by atoms with E-state index >= 15 is 0 Å². The maximum Gasteiger partial charge on any atom is 0.341 e. The molecule has 1 aromatic carbocycles. The predicted molar refractivity (Wildman–Crippen MR) is 97.6 cm³/mol. The number of hydrogen-bond acceptors (Lipinski definition) is 5. The molecule has 1 aromatic rings. The van der Waals surface area contributed by atoms with Gasteiger partial charge < -0.3 is 10.2 Å². The fourth-order valence-electron chi connectivity index (χ4n) is 3.14. The molecular weight excluding hydrogens is 354 g/mol. The molecule has 1 aliphatic heterocycles. The van der Waals surface area contributed by atoms with Crippen molar-refractivity contribution in [2.75, 3.05) is 32.7 Å². The summed E-state index contributed by atoms with van der Waals surface area (Å²) in [4.78, 5) is 28.3. The zero-order chi connectivity index (χ0) is 18.7. The molecule has 1 saturated carbocycles. The quantitative estimate of drug-likeness (QED) is 0.826. The predicted octanol–water partition coefficient (Wildman–Crippen LogP) is 1.04. The normalized spacial score (nSPS) is 18.6. The minimum atomic E-state index is -4.13. The highest BCUT2D eigenvalue weighted by molar-refractivity contribution is 8.06. The summed E-state index contributed by atoms with van der Waals surface area (Å²) in [7, 11) is -4.13. The summed E-state index contributed by atoms with van der Waals surface area (Å²) in [5.74, 6) is -0.245. The molecule has 2 aliphatic rings. The van der Waals surface area contributed by atoms with Gasteiger partial charge in [0.2, 0.25) is 5.91 Å². The first-order valence-electron chi connectivity index (χ1n) is 9.05.